The molecule has 2 rings (SSSR count). The molecule has 20 heavy (non-hydrogen) atoms. The summed E-state index contributed by atoms with van der Waals surface area (Å²) in [5.41, 5.74) is 0.270. The summed E-state index contributed by atoms with van der Waals surface area (Å²) in [7, 11) is 2.21. The second-order valence-electron chi connectivity index (χ2n) is 7.23. The fraction of sp³-hybridized carbons (Fsp3) is 1.00. The predicted octanol–water partition coefficient (Wildman–Crippen LogP) is 1.42. The highest BCUT2D eigenvalue weighted by atomic mass is 16.5. The number of likely N-dealkylation sites (N-methyl/N-ethyl adjacent to an activating group) is 1. The van der Waals surface area contributed by atoms with E-state index in [9.17, 15) is 0 Å². The maximum atomic E-state index is 5.81. The van der Waals surface area contributed by atoms with E-state index in [1.165, 1.54) is 32.7 Å². The molecule has 0 aromatic carbocycles. The second-order valence-corrected chi connectivity index (χ2v) is 7.23. The van der Waals surface area contributed by atoms with Crippen molar-refractivity contribution in [2.45, 2.75) is 52.3 Å². The van der Waals surface area contributed by atoms with E-state index in [1.54, 1.807) is 0 Å². The molecule has 1 aliphatic heterocycles. The first-order valence-corrected chi connectivity index (χ1v) is 8.22. The molecule has 0 unspecified atom stereocenters. The number of hydrogen-bond acceptors (Lipinski definition) is 4. The Morgan fingerprint density at radius 2 is 1.90 bits per heavy atom. The number of hydrogen-bond donors (Lipinski definition) is 1. The van der Waals surface area contributed by atoms with Gasteiger partial charge in [0, 0.05) is 56.8 Å². The van der Waals surface area contributed by atoms with Gasteiger partial charge < -0.3 is 15.0 Å². The molecular weight excluding hydrogens is 250 g/mol. The first-order valence-electron chi connectivity index (χ1n) is 8.22. The van der Waals surface area contributed by atoms with Gasteiger partial charge >= 0.3 is 0 Å². The monoisotopic (exact) mass is 283 g/mol. The minimum atomic E-state index is 0.270. The Kier molecular flexibility index (Phi) is 5.46. The van der Waals surface area contributed by atoms with Crippen LogP contribution in [0.5, 0.6) is 0 Å². The van der Waals surface area contributed by atoms with Gasteiger partial charge in [0.1, 0.15) is 0 Å². The third-order valence-electron chi connectivity index (χ3n) is 5.16. The van der Waals surface area contributed by atoms with Crippen LogP contribution in [0.25, 0.3) is 0 Å². The summed E-state index contributed by atoms with van der Waals surface area (Å²) in [5, 5.41) is 3.82. The molecule has 2 aliphatic rings. The van der Waals surface area contributed by atoms with Crippen molar-refractivity contribution in [3.63, 3.8) is 0 Å². The number of rotatable bonds is 6. The summed E-state index contributed by atoms with van der Waals surface area (Å²) in [5.74, 6) is 0. The number of nitrogens with zero attached hydrogens (tertiary/aromatic N) is 2. The molecule has 3 atom stereocenters. The highest BCUT2D eigenvalue weighted by Gasteiger charge is 2.48. The first-order chi connectivity index (χ1) is 9.43. The van der Waals surface area contributed by atoms with Gasteiger partial charge in [0.25, 0.3) is 0 Å². The fourth-order valence-electron chi connectivity index (χ4n) is 3.47. The average Bonchev–Trinajstić information content (AvgIpc) is 2.40. The zero-order valence-corrected chi connectivity index (χ0v) is 14.0. The Balaban J connectivity index is 1.71. The van der Waals surface area contributed by atoms with Gasteiger partial charge in [-0.05, 0) is 27.3 Å². The van der Waals surface area contributed by atoms with Crippen molar-refractivity contribution >= 4 is 0 Å². The molecule has 0 bridgehead atoms. The van der Waals surface area contributed by atoms with Crippen molar-refractivity contribution in [2.75, 3.05) is 46.4 Å². The SMILES string of the molecule is CCO[C@@H]1C[C@@H](N[C@H](C)CN2CCN(C)CC2)C1(C)C. The van der Waals surface area contributed by atoms with Crippen LogP contribution in [0.1, 0.15) is 34.1 Å². The van der Waals surface area contributed by atoms with E-state index < -0.39 is 0 Å². The van der Waals surface area contributed by atoms with Crippen LogP contribution < -0.4 is 5.32 Å². The van der Waals surface area contributed by atoms with Gasteiger partial charge in [-0.3, -0.25) is 4.90 Å². The molecule has 4 heteroatoms. The minimum absolute atomic E-state index is 0.270. The lowest BCUT2D eigenvalue weighted by Gasteiger charge is -2.53. The van der Waals surface area contributed by atoms with E-state index in [2.05, 4.69) is 49.9 Å². The highest BCUT2D eigenvalue weighted by Crippen LogP contribution is 2.42. The standard InChI is InChI=1S/C16H33N3O/c1-6-20-15-11-14(16(15,3)4)17-13(2)12-19-9-7-18(5)8-10-19/h13-15,17H,6-12H2,1-5H3/t13-,14-,15-/m1/s1. The quantitative estimate of drug-likeness (QED) is 0.798. The zero-order chi connectivity index (χ0) is 14.8. The van der Waals surface area contributed by atoms with Crippen molar-refractivity contribution in [3.8, 4) is 0 Å². The van der Waals surface area contributed by atoms with E-state index in [1.807, 2.05) is 0 Å². The largest absolute Gasteiger partial charge is 0.378 e. The molecule has 0 radical (unpaired) electrons. The number of ether oxygens (including phenoxy) is 1. The molecule has 1 heterocycles. The Hall–Kier alpha value is -0.160. The maximum absolute atomic E-state index is 5.81. The molecule has 4 nitrogen and oxygen atoms in total. The molecule has 1 saturated heterocycles. The summed E-state index contributed by atoms with van der Waals surface area (Å²) in [6.07, 6.45) is 1.59. The van der Waals surface area contributed by atoms with E-state index >= 15 is 0 Å². The minimum Gasteiger partial charge on any atom is -0.378 e. The van der Waals surface area contributed by atoms with Gasteiger partial charge in [0.15, 0.2) is 0 Å². The lowest BCUT2D eigenvalue weighted by atomic mass is 9.64. The molecule has 0 amide bonds. The van der Waals surface area contributed by atoms with Crippen molar-refractivity contribution in [1.82, 2.24) is 15.1 Å². The highest BCUT2D eigenvalue weighted by molar-refractivity contribution is 5.03. The van der Waals surface area contributed by atoms with Crippen molar-refractivity contribution in [3.05, 3.63) is 0 Å². The van der Waals surface area contributed by atoms with Crippen LogP contribution in [0.15, 0.2) is 0 Å². The van der Waals surface area contributed by atoms with Gasteiger partial charge in [0.05, 0.1) is 6.10 Å². The molecular formula is C16H33N3O. The van der Waals surface area contributed by atoms with E-state index in [-0.39, 0.29) is 5.41 Å². The molecule has 118 valence electrons. The smallest absolute Gasteiger partial charge is 0.0655 e. The lowest BCUT2D eigenvalue weighted by Crippen LogP contribution is -2.63. The van der Waals surface area contributed by atoms with E-state index in [0.29, 0.717) is 18.2 Å². The normalized spacial score (nSPS) is 32.9. The van der Waals surface area contributed by atoms with Gasteiger partial charge in [-0.2, -0.15) is 0 Å². The van der Waals surface area contributed by atoms with Crippen LogP contribution >= 0.6 is 0 Å². The van der Waals surface area contributed by atoms with Crippen LogP contribution in [-0.2, 0) is 4.74 Å². The molecule has 0 spiro atoms. The average molecular weight is 283 g/mol. The Morgan fingerprint density at radius 1 is 1.25 bits per heavy atom. The van der Waals surface area contributed by atoms with Gasteiger partial charge in [-0.15, -0.1) is 0 Å². The second kappa shape index (κ2) is 6.73. The van der Waals surface area contributed by atoms with Crippen LogP contribution in [-0.4, -0.2) is 74.4 Å². The first kappa shape index (κ1) is 16.2. The molecule has 1 saturated carbocycles. The van der Waals surface area contributed by atoms with Gasteiger partial charge in [-0.25, -0.2) is 0 Å². The summed E-state index contributed by atoms with van der Waals surface area (Å²) in [6, 6.07) is 1.16. The third kappa shape index (κ3) is 3.73. The van der Waals surface area contributed by atoms with Crippen LogP contribution in [0, 0.1) is 5.41 Å². The summed E-state index contributed by atoms with van der Waals surface area (Å²) < 4.78 is 5.81. The molecule has 2 fully saturated rings. The zero-order valence-electron chi connectivity index (χ0n) is 14.0. The van der Waals surface area contributed by atoms with Crippen molar-refractivity contribution in [2.24, 2.45) is 5.41 Å². The topological polar surface area (TPSA) is 27.7 Å². The number of piperazine rings is 1. The van der Waals surface area contributed by atoms with Crippen LogP contribution in [0.3, 0.4) is 0 Å². The molecule has 0 aromatic heterocycles. The van der Waals surface area contributed by atoms with Crippen molar-refractivity contribution in [1.29, 1.82) is 0 Å². The van der Waals surface area contributed by atoms with E-state index in [4.69, 9.17) is 4.74 Å². The molecule has 1 aliphatic carbocycles. The van der Waals surface area contributed by atoms with E-state index in [0.717, 1.165) is 13.0 Å². The van der Waals surface area contributed by atoms with Gasteiger partial charge in [-0.1, -0.05) is 13.8 Å². The van der Waals surface area contributed by atoms with Crippen LogP contribution in [0.2, 0.25) is 0 Å². The third-order valence-corrected chi connectivity index (χ3v) is 5.16. The molecule has 0 aromatic rings. The number of nitrogens with one attached hydrogen (secondary N) is 1. The summed E-state index contributed by atoms with van der Waals surface area (Å²) in [6.45, 7) is 15.9. The maximum Gasteiger partial charge on any atom is 0.0655 e. The summed E-state index contributed by atoms with van der Waals surface area (Å²) in [4.78, 5) is 5.00. The lowest BCUT2D eigenvalue weighted by molar-refractivity contribution is -0.116. The predicted molar refractivity (Wildman–Crippen MR) is 84.1 cm³/mol. The fourth-order valence-corrected chi connectivity index (χ4v) is 3.47. The van der Waals surface area contributed by atoms with Gasteiger partial charge in [0.2, 0.25) is 0 Å². The molecule has 1 N–H and O–H groups in total. The van der Waals surface area contributed by atoms with Crippen molar-refractivity contribution < 1.29 is 4.74 Å². The van der Waals surface area contributed by atoms with Crippen LogP contribution in [0.4, 0.5) is 0 Å². The Morgan fingerprint density at radius 3 is 2.45 bits per heavy atom. The Labute approximate surface area is 124 Å². The summed E-state index contributed by atoms with van der Waals surface area (Å²) >= 11 is 0. The Bertz CT molecular complexity index is 300.